The van der Waals surface area contributed by atoms with Crippen LogP contribution >= 0.6 is 11.8 Å². The minimum Gasteiger partial charge on any atom is -0.356 e. The second kappa shape index (κ2) is 8.32. The van der Waals surface area contributed by atoms with Crippen LogP contribution in [-0.2, 0) is 13.5 Å². The highest BCUT2D eigenvalue weighted by molar-refractivity contribution is 7.98. The van der Waals surface area contributed by atoms with E-state index in [1.807, 2.05) is 36.7 Å². The topological polar surface area (TPSA) is 45.5 Å². The number of nitrogens with one attached hydrogen (secondary N) is 1. The third-order valence-electron chi connectivity index (χ3n) is 3.89. The van der Waals surface area contributed by atoms with E-state index in [0.717, 1.165) is 32.0 Å². The van der Waals surface area contributed by atoms with Crippen molar-refractivity contribution in [2.45, 2.75) is 19.3 Å². The molecule has 1 aliphatic rings. The van der Waals surface area contributed by atoms with Gasteiger partial charge in [0.2, 0.25) is 0 Å². The number of hydrogen-bond acceptors (Lipinski definition) is 3. The highest BCUT2D eigenvalue weighted by Crippen LogP contribution is 2.20. The van der Waals surface area contributed by atoms with Crippen molar-refractivity contribution in [3.63, 3.8) is 0 Å². The Bertz CT molecular complexity index is 457. The normalized spacial score (nSPS) is 19.3. The van der Waals surface area contributed by atoms with Crippen molar-refractivity contribution >= 4 is 17.7 Å². The van der Waals surface area contributed by atoms with E-state index < -0.39 is 0 Å². The second-order valence-corrected chi connectivity index (χ2v) is 6.63. The quantitative estimate of drug-likeness (QED) is 0.493. The lowest BCUT2D eigenvalue weighted by atomic mass is 10.0. The molecule has 0 bridgehead atoms. The number of thioether (sulfide) groups is 1. The maximum atomic E-state index is 4.42. The minimum absolute atomic E-state index is 0.707. The molecule has 1 atom stereocenters. The molecule has 0 aromatic carbocycles. The van der Waals surface area contributed by atoms with Gasteiger partial charge in [0.25, 0.3) is 0 Å². The van der Waals surface area contributed by atoms with Gasteiger partial charge in [-0.1, -0.05) is 0 Å². The number of aliphatic imine (C=N–C) groups is 1. The highest BCUT2D eigenvalue weighted by Gasteiger charge is 2.25. The van der Waals surface area contributed by atoms with Gasteiger partial charge in [-0.2, -0.15) is 16.9 Å². The summed E-state index contributed by atoms with van der Waals surface area (Å²) in [5, 5.41) is 7.73. The van der Waals surface area contributed by atoms with Crippen molar-refractivity contribution in [2.24, 2.45) is 18.0 Å². The molecule has 2 rings (SSSR count). The molecule has 1 aliphatic heterocycles. The standard InChI is InChI=1S/C15H27N5S/c1-16-15(17-6-4-8-21-3)20-7-5-13(12-20)9-14-10-18-19(2)11-14/h10-11,13H,4-9,12H2,1-3H3,(H,16,17). The zero-order valence-electron chi connectivity index (χ0n) is 13.4. The van der Waals surface area contributed by atoms with Crippen LogP contribution in [-0.4, -0.2) is 59.3 Å². The van der Waals surface area contributed by atoms with Gasteiger partial charge < -0.3 is 10.2 Å². The summed E-state index contributed by atoms with van der Waals surface area (Å²) >= 11 is 1.90. The van der Waals surface area contributed by atoms with Gasteiger partial charge in [0.1, 0.15) is 0 Å². The summed E-state index contributed by atoms with van der Waals surface area (Å²) in [5.74, 6) is 2.97. The van der Waals surface area contributed by atoms with E-state index in [1.54, 1.807) is 0 Å². The van der Waals surface area contributed by atoms with Crippen LogP contribution in [0.3, 0.4) is 0 Å². The molecular weight excluding hydrogens is 282 g/mol. The maximum Gasteiger partial charge on any atom is 0.193 e. The first kappa shape index (κ1) is 16.2. The van der Waals surface area contributed by atoms with Gasteiger partial charge in [0, 0.05) is 39.9 Å². The molecule has 6 heteroatoms. The zero-order chi connectivity index (χ0) is 15.1. The van der Waals surface area contributed by atoms with Gasteiger partial charge >= 0.3 is 0 Å². The largest absolute Gasteiger partial charge is 0.356 e. The summed E-state index contributed by atoms with van der Waals surface area (Å²) in [5.41, 5.74) is 1.34. The Morgan fingerprint density at radius 1 is 1.57 bits per heavy atom. The lowest BCUT2D eigenvalue weighted by Gasteiger charge is -2.21. The van der Waals surface area contributed by atoms with Crippen LogP contribution in [0.15, 0.2) is 17.4 Å². The minimum atomic E-state index is 0.707. The summed E-state index contributed by atoms with van der Waals surface area (Å²) in [6.07, 6.45) is 9.80. The van der Waals surface area contributed by atoms with Crippen molar-refractivity contribution in [1.29, 1.82) is 0 Å². The first-order chi connectivity index (χ1) is 10.2. The van der Waals surface area contributed by atoms with Crippen LogP contribution < -0.4 is 5.32 Å². The molecule has 1 fully saturated rings. The van der Waals surface area contributed by atoms with E-state index >= 15 is 0 Å². The Hall–Kier alpha value is -1.17. The van der Waals surface area contributed by atoms with Crippen molar-refractivity contribution in [2.75, 3.05) is 38.7 Å². The van der Waals surface area contributed by atoms with Crippen molar-refractivity contribution < 1.29 is 0 Å². The van der Waals surface area contributed by atoms with Crippen LogP contribution in [0.4, 0.5) is 0 Å². The lowest BCUT2D eigenvalue weighted by molar-refractivity contribution is 0.460. The smallest absolute Gasteiger partial charge is 0.193 e. The molecule has 0 amide bonds. The molecule has 1 N–H and O–H groups in total. The summed E-state index contributed by atoms with van der Waals surface area (Å²) in [7, 11) is 3.86. The fourth-order valence-corrected chi connectivity index (χ4v) is 3.28. The number of rotatable bonds is 6. The number of likely N-dealkylation sites (tertiary alicyclic amines) is 1. The molecule has 1 saturated heterocycles. The monoisotopic (exact) mass is 309 g/mol. The molecule has 118 valence electrons. The van der Waals surface area contributed by atoms with Gasteiger partial charge in [0.15, 0.2) is 5.96 Å². The Morgan fingerprint density at radius 3 is 3.10 bits per heavy atom. The maximum absolute atomic E-state index is 4.42. The molecule has 1 aromatic rings. The van der Waals surface area contributed by atoms with Crippen LogP contribution in [0.1, 0.15) is 18.4 Å². The van der Waals surface area contributed by atoms with Crippen LogP contribution in [0, 0.1) is 5.92 Å². The van der Waals surface area contributed by atoms with Gasteiger partial charge in [0.05, 0.1) is 6.20 Å². The fraction of sp³-hybridized carbons (Fsp3) is 0.733. The Morgan fingerprint density at radius 2 is 2.43 bits per heavy atom. The van der Waals surface area contributed by atoms with Crippen LogP contribution in [0.5, 0.6) is 0 Å². The molecule has 1 aromatic heterocycles. The fourth-order valence-electron chi connectivity index (χ4n) is 2.85. The Labute approximate surface area is 132 Å². The average Bonchev–Trinajstić information content (AvgIpc) is 3.09. The Balaban J connectivity index is 1.77. The second-order valence-electron chi connectivity index (χ2n) is 5.65. The van der Waals surface area contributed by atoms with Crippen LogP contribution in [0.2, 0.25) is 0 Å². The van der Waals surface area contributed by atoms with E-state index in [4.69, 9.17) is 0 Å². The SMILES string of the molecule is CN=C(NCCCSC)N1CCC(Cc2cnn(C)c2)C1. The van der Waals surface area contributed by atoms with Gasteiger partial charge in [-0.05, 0) is 42.8 Å². The third kappa shape index (κ3) is 4.95. The molecule has 21 heavy (non-hydrogen) atoms. The first-order valence-electron chi connectivity index (χ1n) is 7.65. The number of nitrogens with zero attached hydrogens (tertiary/aromatic N) is 4. The van der Waals surface area contributed by atoms with Gasteiger partial charge in [-0.25, -0.2) is 0 Å². The lowest BCUT2D eigenvalue weighted by Crippen LogP contribution is -2.40. The molecule has 0 spiro atoms. The number of aromatic nitrogens is 2. The number of hydrogen-bond donors (Lipinski definition) is 1. The van der Waals surface area contributed by atoms with Crippen molar-refractivity contribution in [3.05, 3.63) is 18.0 Å². The molecular formula is C15H27N5S. The van der Waals surface area contributed by atoms with Crippen molar-refractivity contribution in [3.8, 4) is 0 Å². The molecule has 5 nitrogen and oxygen atoms in total. The summed E-state index contributed by atoms with van der Waals surface area (Å²) in [6.45, 7) is 3.21. The van der Waals surface area contributed by atoms with Gasteiger partial charge in [-0.15, -0.1) is 0 Å². The zero-order valence-corrected chi connectivity index (χ0v) is 14.2. The van der Waals surface area contributed by atoms with E-state index in [1.165, 1.54) is 24.2 Å². The van der Waals surface area contributed by atoms with E-state index in [2.05, 4.69) is 32.8 Å². The Kier molecular flexibility index (Phi) is 6.42. The average molecular weight is 309 g/mol. The molecule has 1 unspecified atom stereocenters. The van der Waals surface area contributed by atoms with E-state index in [0.29, 0.717) is 5.92 Å². The molecule has 0 aliphatic carbocycles. The molecule has 0 saturated carbocycles. The van der Waals surface area contributed by atoms with E-state index in [-0.39, 0.29) is 0 Å². The van der Waals surface area contributed by atoms with Crippen LogP contribution in [0.25, 0.3) is 0 Å². The van der Waals surface area contributed by atoms with Gasteiger partial charge in [-0.3, -0.25) is 9.67 Å². The number of aryl methyl sites for hydroxylation is 1. The summed E-state index contributed by atoms with van der Waals surface area (Å²) in [4.78, 5) is 6.81. The summed E-state index contributed by atoms with van der Waals surface area (Å²) < 4.78 is 1.88. The highest BCUT2D eigenvalue weighted by atomic mass is 32.2. The third-order valence-corrected chi connectivity index (χ3v) is 4.59. The molecule has 2 heterocycles. The van der Waals surface area contributed by atoms with Crippen molar-refractivity contribution in [1.82, 2.24) is 20.0 Å². The predicted octanol–water partition coefficient (Wildman–Crippen LogP) is 1.61. The van der Waals surface area contributed by atoms with E-state index in [9.17, 15) is 0 Å². The summed E-state index contributed by atoms with van der Waals surface area (Å²) in [6, 6.07) is 0. The predicted molar refractivity (Wildman–Crippen MR) is 91.0 cm³/mol. The first-order valence-corrected chi connectivity index (χ1v) is 9.04. The molecule has 0 radical (unpaired) electrons. The number of guanidine groups is 1.